The average molecular weight is 297 g/mol. The first kappa shape index (κ1) is 14.4. The lowest BCUT2D eigenvalue weighted by molar-refractivity contribution is 0.431. The molecule has 2 aromatic rings. The van der Waals surface area contributed by atoms with E-state index in [0.717, 1.165) is 34.5 Å². The van der Waals surface area contributed by atoms with Crippen LogP contribution in [0.15, 0.2) is 32.7 Å². The van der Waals surface area contributed by atoms with Crippen molar-refractivity contribution < 1.29 is 4.42 Å². The molecule has 0 aliphatic rings. The van der Waals surface area contributed by atoms with E-state index in [-0.39, 0.29) is 0 Å². The summed E-state index contributed by atoms with van der Waals surface area (Å²) >= 11 is 7.74. The minimum Gasteiger partial charge on any atom is -0.436 e. The minimum absolute atomic E-state index is 0.635. The number of rotatable bonds is 5. The van der Waals surface area contributed by atoms with Crippen LogP contribution in [-0.4, -0.2) is 11.5 Å². The molecule has 0 atom stereocenters. The number of hydrogen-bond acceptors (Lipinski definition) is 4. The normalized spacial score (nSPS) is 10.9. The molecular weight excluding hydrogens is 280 g/mol. The molecule has 5 heteroatoms. The highest BCUT2D eigenvalue weighted by molar-refractivity contribution is 7.99. The monoisotopic (exact) mass is 296 g/mol. The summed E-state index contributed by atoms with van der Waals surface area (Å²) in [6.45, 7) is 7.71. The Hall–Kier alpha value is -0.970. The number of aromatic nitrogens is 1. The molecule has 0 amide bonds. The van der Waals surface area contributed by atoms with Gasteiger partial charge < -0.3 is 9.73 Å². The van der Waals surface area contributed by atoms with Gasteiger partial charge in [-0.15, -0.1) is 0 Å². The molecule has 102 valence electrons. The zero-order valence-corrected chi connectivity index (χ0v) is 12.9. The lowest BCUT2D eigenvalue weighted by Crippen LogP contribution is -2.11. The highest BCUT2D eigenvalue weighted by Crippen LogP contribution is 2.34. The molecule has 3 nitrogen and oxygen atoms in total. The summed E-state index contributed by atoms with van der Waals surface area (Å²) in [4.78, 5) is 5.31. The van der Waals surface area contributed by atoms with Gasteiger partial charge in [0.1, 0.15) is 5.76 Å². The largest absolute Gasteiger partial charge is 0.436 e. The fourth-order valence-electron chi connectivity index (χ4n) is 1.59. The van der Waals surface area contributed by atoms with Crippen molar-refractivity contribution in [3.05, 3.63) is 40.2 Å². The summed E-state index contributed by atoms with van der Waals surface area (Å²) in [5.74, 6) is 0.849. The molecule has 0 aliphatic heterocycles. The first-order chi connectivity index (χ1) is 9.10. The van der Waals surface area contributed by atoms with Gasteiger partial charge in [-0.1, -0.05) is 24.6 Å². The van der Waals surface area contributed by atoms with Crippen LogP contribution in [0.2, 0.25) is 5.02 Å². The van der Waals surface area contributed by atoms with E-state index in [1.807, 2.05) is 26.0 Å². The third-order valence-electron chi connectivity index (χ3n) is 2.78. The van der Waals surface area contributed by atoms with Gasteiger partial charge >= 0.3 is 0 Å². The van der Waals surface area contributed by atoms with Crippen LogP contribution in [0.25, 0.3) is 0 Å². The van der Waals surface area contributed by atoms with E-state index in [9.17, 15) is 0 Å². The van der Waals surface area contributed by atoms with Crippen LogP contribution in [0.3, 0.4) is 0 Å². The average Bonchev–Trinajstić information content (AvgIpc) is 2.69. The first-order valence-corrected chi connectivity index (χ1v) is 7.40. The Morgan fingerprint density at radius 2 is 2.16 bits per heavy atom. The van der Waals surface area contributed by atoms with Crippen molar-refractivity contribution in [3.63, 3.8) is 0 Å². The Bertz CT molecular complexity index is 549. The van der Waals surface area contributed by atoms with E-state index in [1.165, 1.54) is 17.3 Å². The molecule has 19 heavy (non-hydrogen) atoms. The molecule has 0 radical (unpaired) electrons. The zero-order valence-electron chi connectivity index (χ0n) is 11.3. The topological polar surface area (TPSA) is 38.1 Å². The SMILES string of the molecule is CCNCc1ccc(Sc2nc(C)c(C)o2)c(Cl)c1. The van der Waals surface area contributed by atoms with E-state index in [2.05, 4.69) is 23.3 Å². The molecule has 1 heterocycles. The van der Waals surface area contributed by atoms with E-state index < -0.39 is 0 Å². The maximum atomic E-state index is 6.29. The number of nitrogens with zero attached hydrogens (tertiary/aromatic N) is 1. The van der Waals surface area contributed by atoms with Gasteiger partial charge in [-0.05, 0) is 49.9 Å². The fourth-order valence-corrected chi connectivity index (χ4v) is 2.74. The second-order valence-corrected chi connectivity index (χ2v) is 5.67. The van der Waals surface area contributed by atoms with Crippen molar-refractivity contribution in [2.24, 2.45) is 0 Å². The maximum Gasteiger partial charge on any atom is 0.261 e. The summed E-state index contributed by atoms with van der Waals surface area (Å²) in [7, 11) is 0. The lowest BCUT2D eigenvalue weighted by Gasteiger charge is -2.05. The Labute approximate surface area is 122 Å². The van der Waals surface area contributed by atoms with Crippen LogP contribution in [0, 0.1) is 13.8 Å². The second-order valence-electron chi connectivity index (χ2n) is 4.27. The van der Waals surface area contributed by atoms with Gasteiger partial charge in [0.05, 0.1) is 10.7 Å². The van der Waals surface area contributed by atoms with Gasteiger partial charge in [0.15, 0.2) is 0 Å². The number of oxazole rings is 1. The highest BCUT2D eigenvalue weighted by atomic mass is 35.5. The quantitative estimate of drug-likeness (QED) is 0.897. The maximum absolute atomic E-state index is 6.29. The van der Waals surface area contributed by atoms with E-state index >= 15 is 0 Å². The van der Waals surface area contributed by atoms with Gasteiger partial charge in [-0.2, -0.15) is 0 Å². The van der Waals surface area contributed by atoms with Gasteiger partial charge in [0.2, 0.25) is 0 Å². The van der Waals surface area contributed by atoms with Crippen molar-refractivity contribution in [3.8, 4) is 0 Å². The Morgan fingerprint density at radius 3 is 2.74 bits per heavy atom. The van der Waals surface area contributed by atoms with E-state index in [4.69, 9.17) is 16.0 Å². The molecule has 1 aromatic heterocycles. The van der Waals surface area contributed by atoms with Gasteiger partial charge in [-0.25, -0.2) is 4.98 Å². The molecular formula is C14H17ClN2OS. The number of hydrogen-bond donors (Lipinski definition) is 1. The van der Waals surface area contributed by atoms with Crippen molar-refractivity contribution >= 4 is 23.4 Å². The van der Waals surface area contributed by atoms with E-state index in [0.29, 0.717) is 5.22 Å². The number of benzene rings is 1. The predicted octanol–water partition coefficient (Wildman–Crippen LogP) is 4.21. The minimum atomic E-state index is 0.635. The van der Waals surface area contributed by atoms with Crippen LogP contribution in [-0.2, 0) is 6.54 Å². The summed E-state index contributed by atoms with van der Waals surface area (Å²) in [5, 5.41) is 4.64. The molecule has 2 rings (SSSR count). The molecule has 0 aliphatic carbocycles. The Morgan fingerprint density at radius 1 is 1.37 bits per heavy atom. The van der Waals surface area contributed by atoms with E-state index in [1.54, 1.807) is 0 Å². The van der Waals surface area contributed by atoms with Crippen molar-refractivity contribution in [2.75, 3.05) is 6.54 Å². The molecule has 0 unspecified atom stereocenters. The van der Waals surface area contributed by atoms with Gasteiger partial charge in [0.25, 0.3) is 5.22 Å². The van der Waals surface area contributed by atoms with Crippen LogP contribution in [0.4, 0.5) is 0 Å². The van der Waals surface area contributed by atoms with Gasteiger partial charge in [0, 0.05) is 11.4 Å². The Balaban J connectivity index is 2.12. The number of aryl methyl sites for hydroxylation is 2. The molecule has 0 saturated carbocycles. The van der Waals surface area contributed by atoms with Crippen molar-refractivity contribution in [2.45, 2.75) is 37.4 Å². The van der Waals surface area contributed by atoms with Crippen LogP contribution >= 0.6 is 23.4 Å². The lowest BCUT2D eigenvalue weighted by atomic mass is 10.2. The fraction of sp³-hybridized carbons (Fsp3) is 0.357. The molecule has 0 bridgehead atoms. The number of nitrogens with one attached hydrogen (secondary N) is 1. The molecule has 0 fully saturated rings. The van der Waals surface area contributed by atoms with Gasteiger partial charge in [-0.3, -0.25) is 0 Å². The third-order valence-corrected chi connectivity index (χ3v) is 4.13. The number of halogens is 1. The molecule has 0 saturated heterocycles. The smallest absolute Gasteiger partial charge is 0.261 e. The van der Waals surface area contributed by atoms with Crippen molar-refractivity contribution in [1.29, 1.82) is 0 Å². The molecule has 0 spiro atoms. The first-order valence-electron chi connectivity index (χ1n) is 6.21. The van der Waals surface area contributed by atoms with Crippen molar-refractivity contribution in [1.82, 2.24) is 10.3 Å². The van der Waals surface area contributed by atoms with Crippen LogP contribution in [0.1, 0.15) is 23.9 Å². The molecule has 1 N–H and O–H groups in total. The Kier molecular flexibility index (Phi) is 4.91. The second kappa shape index (κ2) is 6.46. The highest BCUT2D eigenvalue weighted by Gasteiger charge is 2.10. The summed E-state index contributed by atoms with van der Waals surface area (Å²) in [5.41, 5.74) is 2.10. The zero-order chi connectivity index (χ0) is 13.8. The summed E-state index contributed by atoms with van der Waals surface area (Å²) < 4.78 is 5.55. The summed E-state index contributed by atoms with van der Waals surface area (Å²) in [6.07, 6.45) is 0. The third kappa shape index (κ3) is 3.75. The summed E-state index contributed by atoms with van der Waals surface area (Å²) in [6, 6.07) is 6.06. The van der Waals surface area contributed by atoms with Crippen LogP contribution in [0.5, 0.6) is 0 Å². The van der Waals surface area contributed by atoms with Crippen LogP contribution < -0.4 is 5.32 Å². The molecule has 1 aromatic carbocycles. The predicted molar refractivity (Wildman–Crippen MR) is 78.9 cm³/mol. The standard InChI is InChI=1S/C14H17ClN2OS/c1-4-16-8-11-5-6-13(12(15)7-11)19-14-17-9(2)10(3)18-14/h5-7,16H,4,8H2,1-3H3.